The van der Waals surface area contributed by atoms with Crippen LogP contribution < -0.4 is 10.6 Å². The largest absolute Gasteiger partial charge is 0.359 e. The van der Waals surface area contributed by atoms with E-state index in [9.17, 15) is 0 Å². The van der Waals surface area contributed by atoms with E-state index in [1.165, 1.54) is 5.57 Å². The van der Waals surface area contributed by atoms with Crippen molar-refractivity contribution < 1.29 is 0 Å². The molecule has 0 spiro atoms. The van der Waals surface area contributed by atoms with Crippen molar-refractivity contribution in [3.8, 4) is 0 Å². The molecule has 0 radical (unpaired) electrons. The smallest absolute Gasteiger partial charge is 0.0449 e. The number of allylic oxidation sites excluding steroid dienone is 2. The highest BCUT2D eigenvalue weighted by Gasteiger charge is 1.85. The fourth-order valence-corrected chi connectivity index (χ4v) is 1.07. The zero-order valence-corrected chi connectivity index (χ0v) is 7.94. The lowest BCUT2D eigenvalue weighted by atomic mass is 10.3. The Morgan fingerprint density at radius 1 is 1.50 bits per heavy atom. The molecule has 0 saturated heterocycles. The van der Waals surface area contributed by atoms with E-state index in [1.54, 1.807) is 0 Å². The molecule has 0 bridgehead atoms. The first-order valence-corrected chi connectivity index (χ1v) is 4.09. The zero-order chi connectivity index (χ0) is 9.14. The summed E-state index contributed by atoms with van der Waals surface area (Å²) in [4.78, 5) is 3.24. The van der Waals surface area contributed by atoms with Gasteiger partial charge < -0.3 is 4.98 Å². The van der Waals surface area contributed by atoms with Gasteiger partial charge in [-0.15, -0.1) is 0 Å². The third kappa shape index (κ3) is 2.12. The maximum atomic E-state index is 3.93. The molecule has 0 aliphatic rings. The van der Waals surface area contributed by atoms with E-state index in [2.05, 4.69) is 37.6 Å². The molecule has 0 aliphatic carbocycles. The average Bonchev–Trinajstić information content (AvgIpc) is 2.26. The summed E-state index contributed by atoms with van der Waals surface area (Å²) in [5, 5.41) is 2.17. The summed E-state index contributed by atoms with van der Waals surface area (Å²) in [5.74, 6) is 0. The van der Waals surface area contributed by atoms with Crippen molar-refractivity contribution in [1.82, 2.24) is 4.98 Å². The molecule has 64 valence electrons. The second-order valence-corrected chi connectivity index (χ2v) is 3.30. The summed E-state index contributed by atoms with van der Waals surface area (Å²) in [7, 11) is 0. The van der Waals surface area contributed by atoms with E-state index >= 15 is 0 Å². The monoisotopic (exact) mass is 161 g/mol. The van der Waals surface area contributed by atoms with Crippen molar-refractivity contribution in [2.75, 3.05) is 0 Å². The Labute approximate surface area is 73.1 Å². The molecule has 1 heterocycles. The molecule has 0 fully saturated rings. The SMILES string of the molecule is C=c1cc(C)[nH]/c1=C/C=C(C)C. The third-order valence-corrected chi connectivity index (χ3v) is 1.65. The van der Waals surface area contributed by atoms with Gasteiger partial charge in [-0.05, 0) is 38.1 Å². The van der Waals surface area contributed by atoms with Crippen molar-refractivity contribution in [2.24, 2.45) is 0 Å². The number of hydrogen-bond donors (Lipinski definition) is 1. The highest BCUT2D eigenvalue weighted by atomic mass is 14.7. The van der Waals surface area contributed by atoms with E-state index in [-0.39, 0.29) is 0 Å². The summed E-state index contributed by atoms with van der Waals surface area (Å²) in [6.07, 6.45) is 4.14. The first kappa shape index (κ1) is 8.85. The Morgan fingerprint density at radius 3 is 2.58 bits per heavy atom. The lowest BCUT2D eigenvalue weighted by molar-refractivity contribution is 1.22. The van der Waals surface area contributed by atoms with Crippen molar-refractivity contribution in [3.63, 3.8) is 0 Å². The molecule has 1 rings (SSSR count). The van der Waals surface area contributed by atoms with Gasteiger partial charge in [0.05, 0.1) is 0 Å². The normalized spacial score (nSPS) is 11.8. The van der Waals surface area contributed by atoms with Crippen LogP contribution in [0.25, 0.3) is 12.7 Å². The molecular weight excluding hydrogens is 146 g/mol. The van der Waals surface area contributed by atoms with Crippen LogP contribution >= 0.6 is 0 Å². The maximum absolute atomic E-state index is 3.93. The van der Waals surface area contributed by atoms with Crippen LogP contribution in [0.1, 0.15) is 19.5 Å². The van der Waals surface area contributed by atoms with Crippen LogP contribution in [0.5, 0.6) is 0 Å². The van der Waals surface area contributed by atoms with Gasteiger partial charge in [-0.25, -0.2) is 0 Å². The quantitative estimate of drug-likeness (QED) is 0.642. The second kappa shape index (κ2) is 3.44. The van der Waals surface area contributed by atoms with E-state index in [0.29, 0.717) is 0 Å². The Hall–Kier alpha value is -1.24. The fourth-order valence-electron chi connectivity index (χ4n) is 1.07. The van der Waals surface area contributed by atoms with E-state index in [4.69, 9.17) is 0 Å². The van der Waals surface area contributed by atoms with Gasteiger partial charge in [0.15, 0.2) is 0 Å². The van der Waals surface area contributed by atoms with Gasteiger partial charge in [-0.2, -0.15) is 0 Å². The van der Waals surface area contributed by atoms with Gasteiger partial charge in [0.2, 0.25) is 0 Å². The number of hydrogen-bond acceptors (Lipinski definition) is 0. The predicted octanol–water partition coefficient (Wildman–Crippen LogP) is 1.48. The van der Waals surface area contributed by atoms with Crippen molar-refractivity contribution in [3.05, 3.63) is 34.0 Å². The summed E-state index contributed by atoms with van der Waals surface area (Å²) in [5.41, 5.74) is 2.45. The molecule has 0 unspecified atom stereocenters. The van der Waals surface area contributed by atoms with Gasteiger partial charge >= 0.3 is 0 Å². The highest BCUT2D eigenvalue weighted by Crippen LogP contribution is 1.87. The number of rotatable bonds is 1. The molecule has 1 nitrogen and oxygen atoms in total. The number of aryl methyl sites for hydroxylation is 1. The number of H-pyrrole nitrogens is 1. The minimum Gasteiger partial charge on any atom is -0.359 e. The lowest BCUT2D eigenvalue weighted by Crippen LogP contribution is -2.19. The van der Waals surface area contributed by atoms with Crippen molar-refractivity contribution in [2.45, 2.75) is 20.8 Å². The number of nitrogens with one attached hydrogen (secondary N) is 1. The highest BCUT2D eigenvalue weighted by molar-refractivity contribution is 5.37. The van der Waals surface area contributed by atoms with Crippen LogP contribution in [0.15, 0.2) is 17.7 Å². The Bertz CT molecular complexity index is 389. The second-order valence-electron chi connectivity index (χ2n) is 3.30. The minimum atomic E-state index is 1.06. The van der Waals surface area contributed by atoms with Crippen LogP contribution in [-0.4, -0.2) is 4.98 Å². The topological polar surface area (TPSA) is 15.8 Å². The number of aromatic amines is 1. The van der Waals surface area contributed by atoms with Crippen LogP contribution in [0.4, 0.5) is 0 Å². The molecule has 1 heteroatoms. The van der Waals surface area contributed by atoms with Gasteiger partial charge in [0, 0.05) is 11.0 Å². The first-order chi connectivity index (χ1) is 5.59. The van der Waals surface area contributed by atoms with E-state index in [1.807, 2.05) is 13.0 Å². The third-order valence-electron chi connectivity index (χ3n) is 1.65. The van der Waals surface area contributed by atoms with Gasteiger partial charge in [-0.3, -0.25) is 0 Å². The molecule has 0 aliphatic heterocycles. The zero-order valence-electron chi connectivity index (χ0n) is 7.94. The summed E-state index contributed by atoms with van der Waals surface area (Å²) < 4.78 is 0. The molecule has 1 aromatic heterocycles. The van der Waals surface area contributed by atoms with Gasteiger partial charge in [-0.1, -0.05) is 18.2 Å². The van der Waals surface area contributed by atoms with Crippen LogP contribution in [0, 0.1) is 6.92 Å². The predicted molar refractivity (Wildman–Crippen MR) is 54.2 cm³/mol. The number of aromatic nitrogens is 1. The van der Waals surface area contributed by atoms with Gasteiger partial charge in [0.1, 0.15) is 0 Å². The standard InChI is InChI=1S/C11H15N/c1-8(2)5-6-11-9(3)7-10(4)12-11/h5-7,12H,3H2,1-2,4H3/b11-6+. The summed E-state index contributed by atoms with van der Waals surface area (Å²) in [6, 6.07) is 2.05. The first-order valence-electron chi connectivity index (χ1n) is 4.09. The fraction of sp³-hybridized carbons (Fsp3) is 0.273. The molecule has 0 amide bonds. The average molecular weight is 161 g/mol. The summed E-state index contributed by atoms with van der Waals surface area (Å²) >= 11 is 0. The summed E-state index contributed by atoms with van der Waals surface area (Å²) in [6.45, 7) is 10.1. The lowest BCUT2D eigenvalue weighted by Gasteiger charge is -1.81. The van der Waals surface area contributed by atoms with Crippen LogP contribution in [-0.2, 0) is 0 Å². The van der Waals surface area contributed by atoms with Crippen LogP contribution in [0.2, 0.25) is 0 Å². The molecule has 12 heavy (non-hydrogen) atoms. The minimum absolute atomic E-state index is 1.06. The van der Waals surface area contributed by atoms with Crippen LogP contribution in [0.3, 0.4) is 0 Å². The van der Waals surface area contributed by atoms with E-state index < -0.39 is 0 Å². The Morgan fingerprint density at radius 2 is 2.17 bits per heavy atom. The van der Waals surface area contributed by atoms with Crippen molar-refractivity contribution >= 4 is 12.7 Å². The van der Waals surface area contributed by atoms with Gasteiger partial charge in [0.25, 0.3) is 0 Å². The molecule has 0 saturated carbocycles. The Balaban J connectivity index is 3.19. The van der Waals surface area contributed by atoms with E-state index in [0.717, 1.165) is 16.3 Å². The Kier molecular flexibility index (Phi) is 2.54. The van der Waals surface area contributed by atoms with Crippen molar-refractivity contribution in [1.29, 1.82) is 0 Å². The molecular formula is C11H15N. The molecule has 0 atom stereocenters. The molecule has 1 aromatic rings. The molecule has 1 N–H and O–H groups in total. The molecule has 0 aromatic carbocycles. The maximum Gasteiger partial charge on any atom is 0.0449 e.